The van der Waals surface area contributed by atoms with Crippen molar-refractivity contribution in [1.29, 1.82) is 0 Å². The average Bonchev–Trinajstić information content (AvgIpc) is 2.71. The molecule has 0 N–H and O–H groups in total. The lowest BCUT2D eigenvalue weighted by Crippen LogP contribution is -1.99. The quantitative estimate of drug-likeness (QED) is 0.751. The van der Waals surface area contributed by atoms with E-state index in [0.717, 1.165) is 5.56 Å². The first-order chi connectivity index (χ1) is 7.74. The van der Waals surface area contributed by atoms with Gasteiger partial charge in [0.15, 0.2) is 0 Å². The smallest absolute Gasteiger partial charge is 0.375 e. The molecule has 4 heteroatoms. The number of furan rings is 1. The summed E-state index contributed by atoms with van der Waals surface area (Å²) in [6.45, 7) is 0. The van der Waals surface area contributed by atoms with E-state index in [9.17, 15) is 4.79 Å². The summed E-state index contributed by atoms with van der Waals surface area (Å²) in [5.41, 5.74) is 1.58. The Labute approximate surface area is 97.6 Å². The zero-order valence-corrected chi connectivity index (χ0v) is 9.32. The zero-order valence-electron chi connectivity index (χ0n) is 8.57. The summed E-state index contributed by atoms with van der Waals surface area (Å²) in [5, 5.41) is 0.276. The standard InChI is InChI=1S/C12H9ClO3/c1-15-12(14)11-10(13)9(7-16-11)8-5-3-2-4-6-8/h2-7H,1H3. The Morgan fingerprint density at radius 2 is 2.00 bits per heavy atom. The lowest BCUT2D eigenvalue weighted by atomic mass is 10.1. The highest BCUT2D eigenvalue weighted by molar-refractivity contribution is 6.35. The van der Waals surface area contributed by atoms with Crippen LogP contribution in [-0.4, -0.2) is 13.1 Å². The third-order valence-electron chi connectivity index (χ3n) is 2.19. The van der Waals surface area contributed by atoms with Gasteiger partial charge in [0.05, 0.1) is 7.11 Å². The molecule has 16 heavy (non-hydrogen) atoms. The van der Waals surface area contributed by atoms with Gasteiger partial charge in [-0.25, -0.2) is 4.79 Å². The summed E-state index contributed by atoms with van der Waals surface area (Å²) in [4.78, 5) is 11.3. The van der Waals surface area contributed by atoms with Gasteiger partial charge < -0.3 is 9.15 Å². The first-order valence-electron chi connectivity index (χ1n) is 4.64. The van der Waals surface area contributed by atoms with Crippen molar-refractivity contribution in [2.24, 2.45) is 0 Å². The largest absolute Gasteiger partial charge is 0.463 e. The molecular weight excluding hydrogens is 228 g/mol. The van der Waals surface area contributed by atoms with E-state index in [1.165, 1.54) is 13.4 Å². The number of hydrogen-bond donors (Lipinski definition) is 0. The lowest BCUT2D eigenvalue weighted by Gasteiger charge is -1.97. The predicted octanol–water partition coefficient (Wildman–Crippen LogP) is 3.39. The van der Waals surface area contributed by atoms with Crippen LogP contribution in [0.4, 0.5) is 0 Å². The van der Waals surface area contributed by atoms with E-state index >= 15 is 0 Å². The van der Waals surface area contributed by atoms with Crippen LogP contribution in [0.1, 0.15) is 10.6 Å². The van der Waals surface area contributed by atoms with Crippen molar-refractivity contribution in [2.45, 2.75) is 0 Å². The van der Waals surface area contributed by atoms with E-state index in [-0.39, 0.29) is 10.8 Å². The van der Waals surface area contributed by atoms with Gasteiger partial charge in [-0.1, -0.05) is 41.9 Å². The number of carbonyl (C=O) groups is 1. The third-order valence-corrected chi connectivity index (χ3v) is 2.56. The molecule has 0 aliphatic rings. The number of halogens is 1. The summed E-state index contributed by atoms with van der Waals surface area (Å²) in [5.74, 6) is -0.546. The van der Waals surface area contributed by atoms with Crippen LogP contribution in [0, 0.1) is 0 Å². The Morgan fingerprint density at radius 3 is 2.62 bits per heavy atom. The van der Waals surface area contributed by atoms with Crippen LogP contribution in [0.25, 0.3) is 11.1 Å². The molecule has 0 radical (unpaired) electrons. The molecule has 82 valence electrons. The van der Waals surface area contributed by atoms with Crippen molar-refractivity contribution in [2.75, 3.05) is 7.11 Å². The van der Waals surface area contributed by atoms with Crippen molar-refractivity contribution in [1.82, 2.24) is 0 Å². The van der Waals surface area contributed by atoms with Crippen molar-refractivity contribution < 1.29 is 13.9 Å². The van der Waals surface area contributed by atoms with Crippen molar-refractivity contribution in [3.8, 4) is 11.1 Å². The molecule has 0 spiro atoms. The van der Waals surface area contributed by atoms with Gasteiger partial charge >= 0.3 is 5.97 Å². The molecule has 2 aromatic rings. The first kappa shape index (κ1) is 10.8. The summed E-state index contributed by atoms with van der Waals surface area (Å²) in [6.07, 6.45) is 1.45. The summed E-state index contributed by atoms with van der Waals surface area (Å²) in [7, 11) is 1.28. The van der Waals surface area contributed by atoms with E-state index in [0.29, 0.717) is 5.56 Å². The molecule has 0 amide bonds. The molecule has 0 atom stereocenters. The first-order valence-corrected chi connectivity index (χ1v) is 5.02. The summed E-state index contributed by atoms with van der Waals surface area (Å²) >= 11 is 6.04. The maximum atomic E-state index is 11.3. The van der Waals surface area contributed by atoms with Gasteiger partial charge in [0.2, 0.25) is 5.76 Å². The Kier molecular flexibility index (Phi) is 2.97. The Hall–Kier alpha value is -1.74. The molecular formula is C12H9ClO3. The highest BCUT2D eigenvalue weighted by atomic mass is 35.5. The zero-order chi connectivity index (χ0) is 11.5. The third kappa shape index (κ3) is 1.82. The van der Waals surface area contributed by atoms with Gasteiger partial charge in [0, 0.05) is 5.56 Å². The Bertz CT molecular complexity index is 502. The van der Waals surface area contributed by atoms with Gasteiger partial charge in [-0.2, -0.15) is 0 Å². The van der Waals surface area contributed by atoms with Crippen LogP contribution in [0.2, 0.25) is 5.02 Å². The number of rotatable bonds is 2. The van der Waals surface area contributed by atoms with Crippen LogP contribution in [0.5, 0.6) is 0 Å². The molecule has 0 saturated heterocycles. The van der Waals surface area contributed by atoms with Gasteiger partial charge in [0.25, 0.3) is 0 Å². The molecule has 0 unspecified atom stereocenters. The molecule has 0 fully saturated rings. The highest BCUT2D eigenvalue weighted by Crippen LogP contribution is 2.32. The second-order valence-electron chi connectivity index (χ2n) is 3.15. The molecule has 1 aromatic carbocycles. The fraction of sp³-hybridized carbons (Fsp3) is 0.0833. The maximum absolute atomic E-state index is 11.3. The average molecular weight is 237 g/mol. The van der Waals surface area contributed by atoms with Gasteiger partial charge in [-0.3, -0.25) is 0 Å². The van der Waals surface area contributed by atoms with Crippen molar-refractivity contribution >= 4 is 17.6 Å². The van der Waals surface area contributed by atoms with Gasteiger partial charge in [-0.15, -0.1) is 0 Å². The maximum Gasteiger partial charge on any atom is 0.375 e. The molecule has 0 aliphatic heterocycles. The molecule has 0 bridgehead atoms. The summed E-state index contributed by atoms with van der Waals surface area (Å²) < 4.78 is 9.65. The lowest BCUT2D eigenvalue weighted by molar-refractivity contribution is 0.0565. The van der Waals surface area contributed by atoms with Crippen molar-refractivity contribution in [3.05, 3.63) is 47.4 Å². The van der Waals surface area contributed by atoms with E-state index < -0.39 is 5.97 Å². The fourth-order valence-corrected chi connectivity index (χ4v) is 1.66. The second-order valence-corrected chi connectivity index (χ2v) is 3.53. The van der Waals surface area contributed by atoms with E-state index in [1.807, 2.05) is 30.3 Å². The van der Waals surface area contributed by atoms with Crippen LogP contribution in [0.3, 0.4) is 0 Å². The van der Waals surface area contributed by atoms with E-state index in [1.54, 1.807) is 0 Å². The number of methoxy groups -OCH3 is 1. The van der Waals surface area contributed by atoms with E-state index in [2.05, 4.69) is 4.74 Å². The van der Waals surface area contributed by atoms with Crippen LogP contribution >= 0.6 is 11.6 Å². The minimum Gasteiger partial charge on any atom is -0.463 e. The predicted molar refractivity (Wildman–Crippen MR) is 60.5 cm³/mol. The second kappa shape index (κ2) is 4.41. The van der Waals surface area contributed by atoms with Gasteiger partial charge in [-0.05, 0) is 5.56 Å². The molecule has 1 aromatic heterocycles. The Balaban J connectivity index is 2.45. The normalized spacial score (nSPS) is 10.1. The minimum atomic E-state index is -0.577. The number of hydrogen-bond acceptors (Lipinski definition) is 3. The van der Waals surface area contributed by atoms with Crippen LogP contribution < -0.4 is 0 Å². The molecule has 3 nitrogen and oxygen atoms in total. The topological polar surface area (TPSA) is 39.4 Å². The Morgan fingerprint density at radius 1 is 1.31 bits per heavy atom. The van der Waals surface area contributed by atoms with Gasteiger partial charge in [0.1, 0.15) is 11.3 Å². The molecule has 0 aliphatic carbocycles. The van der Waals surface area contributed by atoms with Crippen LogP contribution in [-0.2, 0) is 4.74 Å². The van der Waals surface area contributed by atoms with Crippen LogP contribution in [0.15, 0.2) is 41.0 Å². The summed E-state index contributed by atoms with van der Waals surface area (Å²) in [6, 6.07) is 9.45. The van der Waals surface area contributed by atoms with E-state index in [4.69, 9.17) is 16.0 Å². The molecule has 2 rings (SSSR count). The SMILES string of the molecule is COC(=O)c1occ(-c2ccccc2)c1Cl. The molecule has 1 heterocycles. The fourth-order valence-electron chi connectivity index (χ4n) is 1.39. The monoisotopic (exact) mass is 236 g/mol. The molecule has 0 saturated carbocycles. The number of ether oxygens (including phenoxy) is 1. The number of benzene rings is 1. The van der Waals surface area contributed by atoms with Crippen molar-refractivity contribution in [3.63, 3.8) is 0 Å². The number of carbonyl (C=O) groups excluding carboxylic acids is 1. The highest BCUT2D eigenvalue weighted by Gasteiger charge is 2.19. The number of esters is 1. The minimum absolute atomic E-state index is 0.0306.